The van der Waals surface area contributed by atoms with Gasteiger partial charge in [0.1, 0.15) is 0 Å². The molecule has 1 aliphatic rings. The van der Waals surface area contributed by atoms with Crippen molar-refractivity contribution in [1.29, 1.82) is 0 Å². The van der Waals surface area contributed by atoms with E-state index in [4.69, 9.17) is 6.42 Å². The topological polar surface area (TPSA) is 71.4 Å². The van der Waals surface area contributed by atoms with E-state index in [9.17, 15) is 18.3 Å². The first-order chi connectivity index (χ1) is 15.2. The van der Waals surface area contributed by atoms with Crippen molar-refractivity contribution in [2.75, 3.05) is 0 Å². The molecule has 5 heteroatoms. The minimum atomic E-state index is -3.74. The summed E-state index contributed by atoms with van der Waals surface area (Å²) in [5.74, 6) is 1.39. The standard InChI is InChI=1S/C27H22O4S/c1-4-20-21(11-8-12-22(20)26(28)29)18-13-14-24-23(17-18)25(15-16-27(24,2)3)32(30,31)19-9-6-5-7-10-19/h1,5-15,17H,16H2,2-3H3,(H,28,29). The number of terminal acetylenes is 1. The molecule has 0 spiro atoms. The summed E-state index contributed by atoms with van der Waals surface area (Å²) in [6, 6.07) is 18.8. The summed E-state index contributed by atoms with van der Waals surface area (Å²) in [5, 5.41) is 9.52. The van der Waals surface area contributed by atoms with Gasteiger partial charge in [-0.25, -0.2) is 13.2 Å². The Balaban J connectivity index is 1.96. The van der Waals surface area contributed by atoms with Crippen LogP contribution in [0.5, 0.6) is 0 Å². The molecule has 4 rings (SSSR count). The highest BCUT2D eigenvalue weighted by Gasteiger charge is 2.34. The normalized spacial score (nSPS) is 14.7. The predicted octanol–water partition coefficient (Wildman–Crippen LogP) is 5.53. The third-order valence-corrected chi connectivity index (χ3v) is 7.76. The zero-order valence-corrected chi connectivity index (χ0v) is 18.6. The van der Waals surface area contributed by atoms with Crippen LogP contribution in [0.2, 0.25) is 0 Å². The van der Waals surface area contributed by atoms with Gasteiger partial charge in [-0.1, -0.05) is 68.3 Å². The molecule has 0 aromatic heterocycles. The minimum absolute atomic E-state index is 0.0377. The largest absolute Gasteiger partial charge is 0.478 e. The molecule has 3 aromatic carbocycles. The number of sulfone groups is 1. The van der Waals surface area contributed by atoms with Gasteiger partial charge in [0, 0.05) is 5.56 Å². The van der Waals surface area contributed by atoms with E-state index in [0.717, 1.165) is 5.56 Å². The highest BCUT2D eigenvalue weighted by atomic mass is 32.2. The van der Waals surface area contributed by atoms with Crippen LogP contribution in [0.4, 0.5) is 0 Å². The summed E-state index contributed by atoms with van der Waals surface area (Å²) in [4.78, 5) is 12.1. The molecule has 0 saturated heterocycles. The zero-order valence-electron chi connectivity index (χ0n) is 17.8. The molecular weight excluding hydrogens is 420 g/mol. The van der Waals surface area contributed by atoms with Crippen molar-refractivity contribution in [3.8, 4) is 23.5 Å². The quantitative estimate of drug-likeness (QED) is 0.540. The molecule has 160 valence electrons. The summed E-state index contributed by atoms with van der Waals surface area (Å²) in [6.07, 6.45) is 8.03. The molecule has 0 atom stereocenters. The van der Waals surface area contributed by atoms with Crippen LogP contribution < -0.4 is 0 Å². The highest BCUT2D eigenvalue weighted by Crippen LogP contribution is 2.44. The maximum absolute atomic E-state index is 13.5. The van der Waals surface area contributed by atoms with E-state index in [1.165, 1.54) is 6.07 Å². The SMILES string of the molecule is C#Cc1c(C(=O)O)cccc1-c1ccc2c(c1)C(S(=O)(=O)c1ccccc1)=CCC2(C)C. The van der Waals surface area contributed by atoms with Gasteiger partial charge in [0.2, 0.25) is 9.84 Å². The van der Waals surface area contributed by atoms with Crippen LogP contribution in [0, 0.1) is 12.3 Å². The number of allylic oxidation sites excluding steroid dienone is 1. The van der Waals surface area contributed by atoms with Gasteiger partial charge < -0.3 is 5.11 Å². The summed E-state index contributed by atoms with van der Waals surface area (Å²) in [7, 11) is -3.74. The van der Waals surface area contributed by atoms with Crippen LogP contribution in [0.25, 0.3) is 16.0 Å². The number of rotatable bonds is 4. The monoisotopic (exact) mass is 442 g/mol. The van der Waals surface area contributed by atoms with Gasteiger partial charge in [0.25, 0.3) is 0 Å². The molecular formula is C27H22O4S. The smallest absolute Gasteiger partial charge is 0.336 e. The lowest BCUT2D eigenvalue weighted by molar-refractivity contribution is 0.0696. The molecule has 0 radical (unpaired) electrons. The van der Waals surface area contributed by atoms with E-state index in [-0.39, 0.29) is 26.3 Å². The van der Waals surface area contributed by atoms with Crippen LogP contribution in [0.15, 0.2) is 77.7 Å². The van der Waals surface area contributed by atoms with Crippen LogP contribution in [-0.2, 0) is 15.3 Å². The molecule has 4 nitrogen and oxygen atoms in total. The molecule has 0 amide bonds. The third kappa shape index (κ3) is 3.53. The fourth-order valence-corrected chi connectivity index (χ4v) is 5.71. The average molecular weight is 443 g/mol. The third-order valence-electron chi connectivity index (χ3n) is 5.91. The summed E-state index contributed by atoms with van der Waals surface area (Å²) >= 11 is 0. The van der Waals surface area contributed by atoms with Gasteiger partial charge in [-0.3, -0.25) is 0 Å². The molecule has 0 fully saturated rings. The lowest BCUT2D eigenvalue weighted by Crippen LogP contribution is -2.23. The van der Waals surface area contributed by atoms with Gasteiger partial charge in [0.05, 0.1) is 15.4 Å². The second-order valence-electron chi connectivity index (χ2n) is 8.41. The number of carboxylic acid groups (broad SMARTS) is 1. The summed E-state index contributed by atoms with van der Waals surface area (Å²) in [5.41, 5.74) is 2.85. The van der Waals surface area contributed by atoms with E-state index < -0.39 is 15.8 Å². The Morgan fingerprint density at radius 3 is 2.38 bits per heavy atom. The maximum Gasteiger partial charge on any atom is 0.336 e. The van der Waals surface area contributed by atoms with Crippen molar-refractivity contribution >= 4 is 20.7 Å². The molecule has 3 aromatic rings. The Morgan fingerprint density at radius 1 is 1.00 bits per heavy atom. The average Bonchev–Trinajstić information content (AvgIpc) is 2.78. The molecule has 0 saturated carbocycles. The first kappa shape index (κ1) is 21.6. The van der Waals surface area contributed by atoms with Gasteiger partial charge >= 0.3 is 5.97 Å². The first-order valence-corrected chi connectivity index (χ1v) is 11.6. The van der Waals surface area contributed by atoms with Gasteiger partial charge in [-0.15, -0.1) is 6.42 Å². The van der Waals surface area contributed by atoms with Crippen LogP contribution in [-0.4, -0.2) is 19.5 Å². The number of hydrogen-bond acceptors (Lipinski definition) is 3. The zero-order chi connectivity index (χ0) is 23.1. The van der Waals surface area contributed by atoms with Crippen molar-refractivity contribution in [3.05, 3.63) is 95.1 Å². The van der Waals surface area contributed by atoms with Crippen LogP contribution in [0.3, 0.4) is 0 Å². The molecule has 0 unspecified atom stereocenters. The Hall–Kier alpha value is -3.62. The second-order valence-corrected chi connectivity index (χ2v) is 10.3. The number of hydrogen-bond donors (Lipinski definition) is 1. The lowest BCUT2D eigenvalue weighted by Gasteiger charge is -2.32. The minimum Gasteiger partial charge on any atom is -0.478 e. The van der Waals surface area contributed by atoms with E-state index in [1.807, 2.05) is 18.2 Å². The predicted molar refractivity (Wildman–Crippen MR) is 126 cm³/mol. The van der Waals surface area contributed by atoms with E-state index in [0.29, 0.717) is 23.1 Å². The number of benzene rings is 3. The Kier molecular flexibility index (Phi) is 5.28. The Labute approximate surface area is 188 Å². The van der Waals surface area contributed by atoms with E-state index in [2.05, 4.69) is 19.8 Å². The van der Waals surface area contributed by atoms with Crippen LogP contribution in [0.1, 0.15) is 47.3 Å². The second kappa shape index (κ2) is 7.81. The van der Waals surface area contributed by atoms with Gasteiger partial charge in [-0.2, -0.15) is 0 Å². The van der Waals surface area contributed by atoms with Crippen molar-refractivity contribution in [1.82, 2.24) is 0 Å². The van der Waals surface area contributed by atoms with E-state index in [1.54, 1.807) is 48.5 Å². The molecule has 0 heterocycles. The van der Waals surface area contributed by atoms with Gasteiger partial charge in [-0.05, 0) is 58.4 Å². The maximum atomic E-state index is 13.5. The van der Waals surface area contributed by atoms with Crippen LogP contribution >= 0.6 is 0 Å². The Bertz CT molecular complexity index is 1410. The lowest BCUT2D eigenvalue weighted by atomic mass is 9.75. The number of carbonyl (C=O) groups is 1. The van der Waals surface area contributed by atoms with E-state index >= 15 is 0 Å². The Morgan fingerprint density at radius 2 is 1.72 bits per heavy atom. The molecule has 1 aliphatic carbocycles. The van der Waals surface area contributed by atoms with Crippen molar-refractivity contribution in [3.63, 3.8) is 0 Å². The molecule has 0 aliphatic heterocycles. The van der Waals surface area contributed by atoms with Crippen molar-refractivity contribution in [2.45, 2.75) is 30.6 Å². The molecule has 1 N–H and O–H groups in total. The molecule has 32 heavy (non-hydrogen) atoms. The summed E-state index contributed by atoms with van der Waals surface area (Å²) < 4.78 is 27.0. The number of carboxylic acids is 1. The highest BCUT2D eigenvalue weighted by molar-refractivity contribution is 8.00. The fraction of sp³-hybridized carbons (Fsp3) is 0.148. The number of aromatic carboxylic acids is 1. The first-order valence-electron chi connectivity index (χ1n) is 10.2. The molecule has 0 bridgehead atoms. The van der Waals surface area contributed by atoms with Gasteiger partial charge in [0.15, 0.2) is 0 Å². The number of fused-ring (bicyclic) bond motifs is 1. The summed E-state index contributed by atoms with van der Waals surface area (Å²) in [6.45, 7) is 4.15. The fourth-order valence-electron chi connectivity index (χ4n) is 4.18. The van der Waals surface area contributed by atoms with Crippen molar-refractivity contribution < 1.29 is 18.3 Å². The van der Waals surface area contributed by atoms with Crippen molar-refractivity contribution in [2.24, 2.45) is 0 Å².